The van der Waals surface area contributed by atoms with Gasteiger partial charge in [0.05, 0.1) is 4.90 Å². The van der Waals surface area contributed by atoms with Gasteiger partial charge in [0, 0.05) is 18.8 Å². The number of nitrogens with zero attached hydrogens (tertiary/aromatic N) is 1. The van der Waals surface area contributed by atoms with Gasteiger partial charge in [0.2, 0.25) is 10.0 Å². The van der Waals surface area contributed by atoms with E-state index in [9.17, 15) is 8.42 Å². The number of benzene rings is 1. The van der Waals surface area contributed by atoms with Crippen molar-refractivity contribution in [1.82, 2.24) is 4.31 Å². The number of hydrogen-bond donors (Lipinski definition) is 0. The van der Waals surface area contributed by atoms with Gasteiger partial charge >= 0.3 is 0 Å². The minimum absolute atomic E-state index is 0.458. The molecule has 2 rings (SSSR count). The molecule has 0 aliphatic carbocycles. The van der Waals surface area contributed by atoms with Gasteiger partial charge in [0.15, 0.2) is 0 Å². The fraction of sp³-hybridized carbons (Fsp3) is 0.538. The third kappa shape index (κ3) is 2.90. The molecule has 100 valence electrons. The first-order valence-electron chi connectivity index (χ1n) is 6.17. The van der Waals surface area contributed by atoms with E-state index in [1.54, 1.807) is 10.4 Å². The number of thioether (sulfide) groups is 1. The third-order valence-electron chi connectivity index (χ3n) is 3.13. The van der Waals surface area contributed by atoms with Gasteiger partial charge in [0.25, 0.3) is 0 Å². The molecule has 1 saturated heterocycles. The van der Waals surface area contributed by atoms with E-state index >= 15 is 0 Å². The molecule has 18 heavy (non-hydrogen) atoms. The number of rotatable bonds is 2. The summed E-state index contributed by atoms with van der Waals surface area (Å²) >= 11 is 1.83. The zero-order valence-corrected chi connectivity index (χ0v) is 12.5. The van der Waals surface area contributed by atoms with Crippen LogP contribution in [0.25, 0.3) is 0 Å². The second-order valence-electron chi connectivity index (χ2n) is 4.64. The Labute approximate surface area is 114 Å². The lowest BCUT2D eigenvalue weighted by atomic mass is 10.2. The molecule has 0 saturated carbocycles. The van der Waals surface area contributed by atoms with Gasteiger partial charge in [-0.3, -0.25) is 0 Å². The summed E-state index contributed by atoms with van der Waals surface area (Å²) in [6.45, 7) is 5.11. The summed E-state index contributed by atoms with van der Waals surface area (Å²) in [6.07, 6.45) is 0.939. The van der Waals surface area contributed by atoms with Crippen molar-refractivity contribution < 1.29 is 8.42 Å². The Hall–Kier alpha value is -0.520. The summed E-state index contributed by atoms with van der Waals surface area (Å²) in [4.78, 5) is 0.458. The monoisotopic (exact) mass is 285 g/mol. The third-order valence-corrected chi connectivity index (χ3v) is 6.24. The molecule has 5 heteroatoms. The van der Waals surface area contributed by atoms with Gasteiger partial charge < -0.3 is 0 Å². The molecule has 3 nitrogen and oxygen atoms in total. The highest BCUT2D eigenvalue weighted by atomic mass is 32.2. The topological polar surface area (TPSA) is 37.4 Å². The van der Waals surface area contributed by atoms with Crippen LogP contribution in [0.5, 0.6) is 0 Å². The van der Waals surface area contributed by atoms with E-state index in [0.717, 1.165) is 29.1 Å². The Kier molecular flexibility index (Phi) is 4.35. The number of hydrogen-bond acceptors (Lipinski definition) is 3. The molecular formula is C13H19NO2S2. The Morgan fingerprint density at radius 3 is 2.67 bits per heavy atom. The van der Waals surface area contributed by atoms with Crippen molar-refractivity contribution in [1.29, 1.82) is 0 Å². The van der Waals surface area contributed by atoms with Crippen molar-refractivity contribution in [3.63, 3.8) is 0 Å². The van der Waals surface area contributed by atoms with Crippen LogP contribution in [0.1, 0.15) is 17.5 Å². The van der Waals surface area contributed by atoms with Crippen LogP contribution in [-0.4, -0.2) is 37.3 Å². The number of sulfonamides is 1. The maximum Gasteiger partial charge on any atom is 0.243 e. The molecular weight excluding hydrogens is 266 g/mol. The summed E-state index contributed by atoms with van der Waals surface area (Å²) in [7, 11) is -3.31. The smallest absolute Gasteiger partial charge is 0.207 e. The first-order chi connectivity index (χ1) is 8.51. The largest absolute Gasteiger partial charge is 0.243 e. The van der Waals surface area contributed by atoms with Crippen molar-refractivity contribution in [2.45, 2.75) is 25.2 Å². The quantitative estimate of drug-likeness (QED) is 0.837. The van der Waals surface area contributed by atoms with Crippen LogP contribution in [0.2, 0.25) is 0 Å². The molecule has 0 spiro atoms. The molecule has 0 N–H and O–H groups in total. The Bertz CT molecular complexity index is 518. The lowest BCUT2D eigenvalue weighted by Crippen LogP contribution is -2.33. The second kappa shape index (κ2) is 5.63. The van der Waals surface area contributed by atoms with Crippen molar-refractivity contribution in [2.75, 3.05) is 24.6 Å². The minimum atomic E-state index is -3.31. The van der Waals surface area contributed by atoms with Gasteiger partial charge in [-0.1, -0.05) is 17.7 Å². The molecule has 0 atom stereocenters. The summed E-state index contributed by atoms with van der Waals surface area (Å²) < 4.78 is 26.8. The molecule has 1 aromatic rings. The van der Waals surface area contributed by atoms with Crippen molar-refractivity contribution >= 4 is 21.8 Å². The maximum absolute atomic E-state index is 12.6. The van der Waals surface area contributed by atoms with Gasteiger partial charge in [-0.25, -0.2) is 8.42 Å². The molecule has 0 radical (unpaired) electrons. The molecule has 1 aromatic carbocycles. The molecule has 1 fully saturated rings. The predicted molar refractivity (Wildman–Crippen MR) is 76.6 cm³/mol. The molecule has 0 amide bonds. The lowest BCUT2D eigenvalue weighted by molar-refractivity contribution is 0.434. The van der Waals surface area contributed by atoms with Crippen molar-refractivity contribution in [3.8, 4) is 0 Å². The Morgan fingerprint density at radius 1 is 1.17 bits per heavy atom. The summed E-state index contributed by atoms with van der Waals surface area (Å²) in [6, 6.07) is 5.53. The van der Waals surface area contributed by atoms with Crippen LogP contribution >= 0.6 is 11.8 Å². The van der Waals surface area contributed by atoms with Crippen LogP contribution in [0.15, 0.2) is 23.1 Å². The van der Waals surface area contributed by atoms with Crippen LogP contribution in [-0.2, 0) is 10.0 Å². The number of aryl methyl sites for hydroxylation is 2. The molecule has 1 aliphatic rings. The highest BCUT2D eigenvalue weighted by molar-refractivity contribution is 7.99. The normalized spacial score (nSPS) is 18.6. The van der Waals surface area contributed by atoms with E-state index in [4.69, 9.17) is 0 Å². The highest BCUT2D eigenvalue weighted by Gasteiger charge is 2.26. The van der Waals surface area contributed by atoms with Crippen molar-refractivity contribution in [3.05, 3.63) is 29.3 Å². The van der Waals surface area contributed by atoms with Gasteiger partial charge in [-0.15, -0.1) is 0 Å². The van der Waals surface area contributed by atoms with Crippen LogP contribution in [0, 0.1) is 13.8 Å². The van der Waals surface area contributed by atoms with E-state index in [1.807, 2.05) is 37.7 Å². The summed E-state index contributed by atoms with van der Waals surface area (Å²) in [5, 5.41) is 0. The molecule has 0 aromatic heterocycles. The maximum atomic E-state index is 12.6. The molecule has 1 aliphatic heterocycles. The van der Waals surface area contributed by atoms with Crippen LogP contribution < -0.4 is 0 Å². The zero-order valence-electron chi connectivity index (χ0n) is 10.8. The summed E-state index contributed by atoms with van der Waals surface area (Å²) in [5.41, 5.74) is 1.93. The van der Waals surface area contributed by atoms with Crippen LogP contribution in [0.3, 0.4) is 0 Å². The second-order valence-corrected chi connectivity index (χ2v) is 7.77. The van der Waals surface area contributed by atoms with Crippen LogP contribution in [0.4, 0.5) is 0 Å². The van der Waals surface area contributed by atoms with Gasteiger partial charge in [0.1, 0.15) is 0 Å². The van der Waals surface area contributed by atoms with Crippen molar-refractivity contribution in [2.24, 2.45) is 0 Å². The SMILES string of the molecule is Cc1ccc(S(=O)(=O)N2CCCSCC2)c(C)c1. The van der Waals surface area contributed by atoms with E-state index in [2.05, 4.69) is 0 Å². The molecule has 1 heterocycles. The van der Waals surface area contributed by atoms with Gasteiger partial charge in [-0.2, -0.15) is 16.1 Å². The first-order valence-corrected chi connectivity index (χ1v) is 8.76. The predicted octanol–water partition coefficient (Wildman–Crippen LogP) is 2.43. The minimum Gasteiger partial charge on any atom is -0.207 e. The summed E-state index contributed by atoms with van der Waals surface area (Å²) in [5.74, 6) is 1.95. The fourth-order valence-electron chi connectivity index (χ4n) is 2.19. The van der Waals surface area contributed by atoms with Gasteiger partial charge in [-0.05, 0) is 37.7 Å². The van der Waals surface area contributed by atoms with E-state index in [1.165, 1.54) is 0 Å². The van der Waals surface area contributed by atoms with E-state index < -0.39 is 10.0 Å². The van der Waals surface area contributed by atoms with E-state index in [0.29, 0.717) is 18.0 Å². The molecule has 0 unspecified atom stereocenters. The van der Waals surface area contributed by atoms with E-state index in [-0.39, 0.29) is 0 Å². The standard InChI is InChI=1S/C13H19NO2S2/c1-11-4-5-13(12(2)10-11)18(15,16)14-6-3-8-17-9-7-14/h4-5,10H,3,6-9H2,1-2H3. The Balaban J connectivity index is 2.34. The average Bonchev–Trinajstić information content (AvgIpc) is 2.57. The highest BCUT2D eigenvalue weighted by Crippen LogP contribution is 2.23. The first kappa shape index (κ1) is 13.9. The average molecular weight is 285 g/mol. The lowest BCUT2D eigenvalue weighted by Gasteiger charge is -2.20. The zero-order chi connectivity index (χ0) is 13.2. The fourth-order valence-corrected chi connectivity index (χ4v) is 4.88. The Morgan fingerprint density at radius 2 is 1.94 bits per heavy atom. The molecule has 0 bridgehead atoms.